The zero-order valence-corrected chi connectivity index (χ0v) is 9.34. The first-order valence-electron chi connectivity index (χ1n) is 4.81. The van der Waals surface area contributed by atoms with Gasteiger partial charge in [-0.25, -0.2) is 0 Å². The number of hydrogen-bond donors (Lipinski definition) is 2. The Bertz CT molecular complexity index is 121. The summed E-state index contributed by atoms with van der Waals surface area (Å²) in [6.45, 7) is 2.37. The summed E-state index contributed by atoms with van der Waals surface area (Å²) in [5.41, 5.74) is 5.34. The fraction of sp³-hybridized carbons (Fsp3) is 1.00. The first-order valence-corrected chi connectivity index (χ1v) is 4.81. The lowest BCUT2D eigenvalue weighted by molar-refractivity contribution is -0.355. The number of nitrogens with one attached hydrogen (secondary N) is 1. The molecule has 0 saturated heterocycles. The van der Waals surface area contributed by atoms with Crippen LogP contribution in [-0.2, 0) is 14.2 Å². The van der Waals surface area contributed by atoms with Gasteiger partial charge >= 0.3 is 0 Å². The van der Waals surface area contributed by atoms with Gasteiger partial charge in [0.05, 0.1) is 0 Å². The highest BCUT2D eigenvalue weighted by Crippen LogP contribution is 2.18. The van der Waals surface area contributed by atoms with Gasteiger partial charge in [0.1, 0.15) is 0 Å². The summed E-state index contributed by atoms with van der Waals surface area (Å²) < 4.78 is 15.4. The molecular formula is C9H22N2O3. The summed E-state index contributed by atoms with van der Waals surface area (Å²) in [5, 5.41) is 3.19. The smallest absolute Gasteiger partial charge is 0.282 e. The number of rotatable bonds is 9. The molecule has 0 unspecified atom stereocenters. The van der Waals surface area contributed by atoms with Crippen LogP contribution >= 0.6 is 0 Å². The monoisotopic (exact) mass is 206 g/mol. The van der Waals surface area contributed by atoms with E-state index >= 15 is 0 Å². The molecule has 0 amide bonds. The molecule has 3 N–H and O–H groups in total. The Morgan fingerprint density at radius 3 is 2.07 bits per heavy atom. The van der Waals surface area contributed by atoms with Crippen molar-refractivity contribution < 1.29 is 14.2 Å². The van der Waals surface area contributed by atoms with Gasteiger partial charge in [-0.05, 0) is 13.0 Å². The lowest BCUT2D eigenvalue weighted by atomic mass is 10.2. The van der Waals surface area contributed by atoms with E-state index in [0.717, 1.165) is 19.5 Å². The highest BCUT2D eigenvalue weighted by atomic mass is 16.9. The van der Waals surface area contributed by atoms with Crippen LogP contribution in [0.3, 0.4) is 0 Å². The third-order valence-electron chi connectivity index (χ3n) is 2.09. The number of hydrogen-bond acceptors (Lipinski definition) is 5. The van der Waals surface area contributed by atoms with Crippen LogP contribution in [-0.4, -0.2) is 46.9 Å². The van der Waals surface area contributed by atoms with E-state index in [-0.39, 0.29) is 0 Å². The molecule has 0 radical (unpaired) electrons. The largest absolute Gasteiger partial charge is 0.331 e. The van der Waals surface area contributed by atoms with Crippen molar-refractivity contribution in [2.24, 2.45) is 5.73 Å². The van der Waals surface area contributed by atoms with Gasteiger partial charge in [-0.1, -0.05) is 0 Å². The topological polar surface area (TPSA) is 65.7 Å². The lowest BCUT2D eigenvalue weighted by Gasteiger charge is -2.28. The molecular weight excluding hydrogens is 184 g/mol. The predicted molar refractivity (Wildman–Crippen MR) is 54.9 cm³/mol. The predicted octanol–water partition coefficient (Wildman–Crippen LogP) is -0.0921. The number of nitrogens with two attached hydrogens (primary N) is 1. The average Bonchev–Trinajstić information content (AvgIpc) is 2.24. The van der Waals surface area contributed by atoms with Crippen molar-refractivity contribution in [3.63, 3.8) is 0 Å². The maximum atomic E-state index is 5.34. The zero-order chi connectivity index (χ0) is 10.9. The fourth-order valence-electron chi connectivity index (χ4n) is 1.21. The van der Waals surface area contributed by atoms with Crippen molar-refractivity contribution in [1.82, 2.24) is 5.32 Å². The fourth-order valence-corrected chi connectivity index (χ4v) is 1.21. The van der Waals surface area contributed by atoms with Gasteiger partial charge < -0.3 is 25.3 Å². The van der Waals surface area contributed by atoms with Gasteiger partial charge in [-0.15, -0.1) is 0 Å². The molecule has 5 nitrogen and oxygen atoms in total. The van der Waals surface area contributed by atoms with Crippen LogP contribution in [0.2, 0.25) is 0 Å². The van der Waals surface area contributed by atoms with Crippen molar-refractivity contribution in [3.05, 3.63) is 0 Å². The Labute approximate surface area is 85.9 Å². The number of methoxy groups -OCH3 is 3. The molecule has 14 heavy (non-hydrogen) atoms. The molecule has 0 aromatic heterocycles. The van der Waals surface area contributed by atoms with Gasteiger partial charge in [0, 0.05) is 40.8 Å². The normalized spacial score (nSPS) is 12.0. The van der Waals surface area contributed by atoms with Gasteiger partial charge in [-0.3, -0.25) is 0 Å². The molecule has 0 aromatic rings. The highest BCUT2D eigenvalue weighted by molar-refractivity contribution is 4.58. The van der Waals surface area contributed by atoms with Crippen LogP contribution in [0.4, 0.5) is 0 Å². The van der Waals surface area contributed by atoms with Crippen LogP contribution in [0.15, 0.2) is 0 Å². The summed E-state index contributed by atoms with van der Waals surface area (Å²) in [5.74, 6) is -0.898. The first kappa shape index (κ1) is 13.8. The van der Waals surface area contributed by atoms with E-state index in [2.05, 4.69) is 5.32 Å². The maximum absolute atomic E-state index is 5.34. The maximum Gasteiger partial charge on any atom is 0.282 e. The Kier molecular flexibility index (Phi) is 8.02. The molecule has 0 spiro atoms. The van der Waals surface area contributed by atoms with Crippen molar-refractivity contribution in [3.8, 4) is 0 Å². The van der Waals surface area contributed by atoms with Crippen LogP contribution in [0.25, 0.3) is 0 Å². The second-order valence-corrected chi connectivity index (χ2v) is 2.94. The molecule has 5 heteroatoms. The van der Waals surface area contributed by atoms with Crippen LogP contribution < -0.4 is 11.1 Å². The Morgan fingerprint density at radius 2 is 1.64 bits per heavy atom. The quantitative estimate of drug-likeness (QED) is 0.407. The van der Waals surface area contributed by atoms with E-state index in [0.29, 0.717) is 13.0 Å². The minimum atomic E-state index is -0.898. The van der Waals surface area contributed by atoms with Crippen molar-refractivity contribution >= 4 is 0 Å². The molecule has 0 aromatic carbocycles. The second-order valence-electron chi connectivity index (χ2n) is 2.94. The summed E-state index contributed by atoms with van der Waals surface area (Å²) >= 11 is 0. The van der Waals surface area contributed by atoms with E-state index in [1.54, 1.807) is 21.3 Å². The van der Waals surface area contributed by atoms with Crippen molar-refractivity contribution in [1.29, 1.82) is 0 Å². The van der Waals surface area contributed by atoms with Gasteiger partial charge in [0.2, 0.25) is 0 Å². The molecule has 0 rings (SSSR count). The summed E-state index contributed by atoms with van der Waals surface area (Å²) in [4.78, 5) is 0. The van der Waals surface area contributed by atoms with Crippen LogP contribution in [0.1, 0.15) is 12.8 Å². The third kappa shape index (κ3) is 4.88. The lowest BCUT2D eigenvalue weighted by Crippen LogP contribution is -2.37. The average molecular weight is 206 g/mol. The van der Waals surface area contributed by atoms with E-state index in [1.807, 2.05) is 0 Å². The summed E-state index contributed by atoms with van der Waals surface area (Å²) in [7, 11) is 4.71. The Hall–Kier alpha value is -0.200. The molecule has 0 heterocycles. The molecule has 0 aliphatic rings. The van der Waals surface area contributed by atoms with E-state index < -0.39 is 5.97 Å². The number of ether oxygens (including phenoxy) is 3. The molecule has 0 aliphatic carbocycles. The van der Waals surface area contributed by atoms with Crippen molar-refractivity contribution in [2.45, 2.75) is 18.8 Å². The van der Waals surface area contributed by atoms with Crippen LogP contribution in [0.5, 0.6) is 0 Å². The minimum Gasteiger partial charge on any atom is -0.331 e. The molecule has 0 saturated carbocycles. The van der Waals surface area contributed by atoms with Crippen molar-refractivity contribution in [2.75, 3.05) is 41.0 Å². The highest BCUT2D eigenvalue weighted by Gasteiger charge is 2.28. The molecule has 86 valence electrons. The Balaban J connectivity index is 3.61. The molecule has 0 aliphatic heterocycles. The van der Waals surface area contributed by atoms with Gasteiger partial charge in [0.15, 0.2) is 0 Å². The SMILES string of the molecule is COC(CCCNCCN)(OC)OC. The van der Waals surface area contributed by atoms with Crippen LogP contribution in [0, 0.1) is 0 Å². The Morgan fingerprint density at radius 1 is 1.07 bits per heavy atom. The second kappa shape index (κ2) is 8.14. The summed E-state index contributed by atoms with van der Waals surface area (Å²) in [6.07, 6.45) is 1.60. The van der Waals surface area contributed by atoms with E-state index in [4.69, 9.17) is 19.9 Å². The molecule has 0 fully saturated rings. The van der Waals surface area contributed by atoms with E-state index in [1.165, 1.54) is 0 Å². The van der Waals surface area contributed by atoms with E-state index in [9.17, 15) is 0 Å². The van der Waals surface area contributed by atoms with Gasteiger partial charge in [0.25, 0.3) is 5.97 Å². The molecule has 0 bridgehead atoms. The minimum absolute atomic E-state index is 0.657. The van der Waals surface area contributed by atoms with Gasteiger partial charge in [-0.2, -0.15) is 0 Å². The standard InChI is InChI=1S/C9H22N2O3/c1-12-9(13-2,14-3)5-4-7-11-8-6-10/h11H,4-8,10H2,1-3H3. The summed E-state index contributed by atoms with van der Waals surface area (Å²) in [6, 6.07) is 0. The zero-order valence-electron chi connectivity index (χ0n) is 9.34. The third-order valence-corrected chi connectivity index (χ3v) is 2.09. The first-order chi connectivity index (χ1) is 6.74. The molecule has 0 atom stereocenters.